The zero-order valence-corrected chi connectivity index (χ0v) is 8.85. The van der Waals surface area contributed by atoms with Crippen LogP contribution in [0.25, 0.3) is 0 Å². The van der Waals surface area contributed by atoms with Gasteiger partial charge < -0.3 is 15.1 Å². The molecule has 0 saturated heterocycles. The molecule has 2 N–H and O–H groups in total. The molecule has 5 nitrogen and oxygen atoms in total. The molecule has 0 bridgehead atoms. The number of aliphatic carboxylic acids is 2. The molecule has 0 radical (unpaired) electrons. The molecule has 0 amide bonds. The number of carboxylic acids is 2. The molecule has 0 aromatic rings. The average molecular weight is 215 g/mol. The molecule has 86 valence electrons. The Kier molecular flexibility index (Phi) is 4.08. The molecule has 5 heteroatoms. The van der Waals surface area contributed by atoms with Crippen molar-refractivity contribution in [2.45, 2.75) is 31.7 Å². The number of rotatable bonds is 6. The summed E-state index contributed by atoms with van der Waals surface area (Å²) in [6, 6.07) is 0.445. The van der Waals surface area contributed by atoms with Crippen LogP contribution in [0.15, 0.2) is 0 Å². The van der Waals surface area contributed by atoms with Gasteiger partial charge in [-0.05, 0) is 19.9 Å². The second kappa shape index (κ2) is 5.11. The second-order valence-corrected chi connectivity index (χ2v) is 4.16. The number of carboxylic acid groups (broad SMARTS) is 2. The molecule has 1 aliphatic carbocycles. The third-order valence-electron chi connectivity index (χ3n) is 2.98. The first-order chi connectivity index (χ1) is 7.00. The van der Waals surface area contributed by atoms with Crippen molar-refractivity contribution < 1.29 is 19.8 Å². The number of nitrogens with zero attached hydrogens (tertiary/aromatic N) is 1. The van der Waals surface area contributed by atoms with E-state index in [1.54, 1.807) is 0 Å². The fourth-order valence-corrected chi connectivity index (χ4v) is 1.76. The van der Waals surface area contributed by atoms with E-state index in [1.807, 2.05) is 11.9 Å². The summed E-state index contributed by atoms with van der Waals surface area (Å²) in [6.07, 6.45) is 3.07. The highest BCUT2D eigenvalue weighted by molar-refractivity contribution is 5.77. The van der Waals surface area contributed by atoms with Gasteiger partial charge in [0.25, 0.3) is 0 Å². The normalized spacial score (nSPS) is 18.5. The molecule has 0 aromatic carbocycles. The Bertz CT molecular complexity index is 250. The van der Waals surface area contributed by atoms with Crippen LogP contribution >= 0.6 is 0 Å². The lowest BCUT2D eigenvalue weighted by Crippen LogP contribution is -2.42. The van der Waals surface area contributed by atoms with Gasteiger partial charge in [0, 0.05) is 12.6 Å². The van der Waals surface area contributed by atoms with Crippen LogP contribution in [0.3, 0.4) is 0 Å². The fourth-order valence-electron chi connectivity index (χ4n) is 1.76. The highest BCUT2D eigenvalue weighted by Crippen LogP contribution is 2.24. The summed E-state index contributed by atoms with van der Waals surface area (Å²) in [5, 5.41) is 17.4. The smallest absolute Gasteiger partial charge is 0.308 e. The Morgan fingerprint density at radius 2 is 2.00 bits per heavy atom. The lowest BCUT2D eigenvalue weighted by molar-refractivity contribution is -0.149. The highest BCUT2D eigenvalue weighted by atomic mass is 16.4. The topological polar surface area (TPSA) is 77.8 Å². The van der Waals surface area contributed by atoms with Gasteiger partial charge >= 0.3 is 11.9 Å². The van der Waals surface area contributed by atoms with Crippen molar-refractivity contribution in [1.29, 1.82) is 0 Å². The zero-order valence-electron chi connectivity index (χ0n) is 8.85. The highest BCUT2D eigenvalue weighted by Gasteiger charge is 2.28. The number of hydrogen-bond acceptors (Lipinski definition) is 3. The molecular formula is C10H17NO4. The fraction of sp³-hybridized carbons (Fsp3) is 0.800. The van der Waals surface area contributed by atoms with E-state index in [9.17, 15) is 9.59 Å². The van der Waals surface area contributed by atoms with Gasteiger partial charge in [-0.15, -0.1) is 0 Å². The van der Waals surface area contributed by atoms with Gasteiger partial charge in [0.15, 0.2) is 0 Å². The van der Waals surface area contributed by atoms with Crippen molar-refractivity contribution in [1.82, 2.24) is 4.90 Å². The largest absolute Gasteiger partial charge is 0.481 e. The van der Waals surface area contributed by atoms with Crippen molar-refractivity contribution in [2.24, 2.45) is 5.92 Å². The van der Waals surface area contributed by atoms with E-state index in [-0.39, 0.29) is 6.42 Å². The van der Waals surface area contributed by atoms with Crippen molar-refractivity contribution in [3.8, 4) is 0 Å². The zero-order chi connectivity index (χ0) is 11.4. The van der Waals surface area contributed by atoms with Crippen LogP contribution in [-0.2, 0) is 9.59 Å². The maximum atomic E-state index is 10.8. The average Bonchev–Trinajstić information content (AvgIpc) is 1.98. The minimum Gasteiger partial charge on any atom is -0.481 e. The van der Waals surface area contributed by atoms with E-state index in [2.05, 4.69) is 0 Å². The maximum Gasteiger partial charge on any atom is 0.308 e. The monoisotopic (exact) mass is 215 g/mol. The van der Waals surface area contributed by atoms with E-state index in [1.165, 1.54) is 6.42 Å². The first-order valence-electron chi connectivity index (χ1n) is 5.15. The Morgan fingerprint density at radius 3 is 2.33 bits per heavy atom. The summed E-state index contributed by atoms with van der Waals surface area (Å²) < 4.78 is 0. The van der Waals surface area contributed by atoms with Crippen molar-refractivity contribution in [3.63, 3.8) is 0 Å². The van der Waals surface area contributed by atoms with E-state index in [0.29, 0.717) is 12.6 Å². The number of carbonyl (C=O) groups is 2. The molecule has 15 heavy (non-hydrogen) atoms. The van der Waals surface area contributed by atoms with Crippen LogP contribution in [-0.4, -0.2) is 46.7 Å². The Morgan fingerprint density at radius 1 is 1.40 bits per heavy atom. The van der Waals surface area contributed by atoms with Crippen molar-refractivity contribution in [3.05, 3.63) is 0 Å². The predicted octanol–water partition coefficient (Wildman–Crippen LogP) is 0.646. The molecule has 0 aromatic heterocycles. The minimum atomic E-state index is -1.05. The lowest BCUT2D eigenvalue weighted by atomic mass is 9.91. The molecule has 1 unspecified atom stereocenters. The molecule has 0 heterocycles. The van der Waals surface area contributed by atoms with Crippen molar-refractivity contribution >= 4 is 11.9 Å². The van der Waals surface area contributed by atoms with Gasteiger partial charge in [0.05, 0.1) is 12.3 Å². The van der Waals surface area contributed by atoms with Crippen molar-refractivity contribution in [2.75, 3.05) is 13.6 Å². The summed E-state index contributed by atoms with van der Waals surface area (Å²) in [6.45, 7) is 0.326. The molecule has 1 fully saturated rings. The summed E-state index contributed by atoms with van der Waals surface area (Å²) in [5.74, 6) is -2.87. The van der Waals surface area contributed by atoms with Crippen LogP contribution in [0.2, 0.25) is 0 Å². The molecular weight excluding hydrogens is 198 g/mol. The molecule has 0 spiro atoms. The van der Waals surface area contributed by atoms with E-state index in [4.69, 9.17) is 10.2 Å². The SMILES string of the molecule is CN(CC(CC(=O)O)C(=O)O)C1CCC1. The first-order valence-corrected chi connectivity index (χ1v) is 5.15. The lowest BCUT2D eigenvalue weighted by Gasteiger charge is -2.35. The predicted molar refractivity (Wildman–Crippen MR) is 53.6 cm³/mol. The van der Waals surface area contributed by atoms with Gasteiger partial charge in [-0.3, -0.25) is 9.59 Å². The summed E-state index contributed by atoms with van der Waals surface area (Å²) >= 11 is 0. The first kappa shape index (κ1) is 12.0. The third kappa shape index (κ3) is 3.51. The van der Waals surface area contributed by atoms with Crippen LogP contribution in [0.5, 0.6) is 0 Å². The molecule has 1 rings (SSSR count). The third-order valence-corrected chi connectivity index (χ3v) is 2.98. The van der Waals surface area contributed by atoms with Gasteiger partial charge in [-0.1, -0.05) is 6.42 Å². The summed E-state index contributed by atoms with van der Waals surface area (Å²) in [5.41, 5.74) is 0. The van der Waals surface area contributed by atoms with Gasteiger partial charge in [0.1, 0.15) is 0 Å². The second-order valence-electron chi connectivity index (χ2n) is 4.16. The Hall–Kier alpha value is -1.10. The van der Waals surface area contributed by atoms with E-state index >= 15 is 0 Å². The Labute approximate surface area is 88.7 Å². The minimum absolute atomic E-state index is 0.299. The van der Waals surface area contributed by atoms with E-state index in [0.717, 1.165) is 12.8 Å². The van der Waals surface area contributed by atoms with Crippen LogP contribution < -0.4 is 0 Å². The molecule has 1 aliphatic rings. The summed E-state index contributed by atoms with van der Waals surface area (Å²) in [4.78, 5) is 23.2. The van der Waals surface area contributed by atoms with Crippen LogP contribution in [0.4, 0.5) is 0 Å². The number of hydrogen-bond donors (Lipinski definition) is 2. The summed E-state index contributed by atoms with van der Waals surface area (Å²) in [7, 11) is 1.86. The standard InChI is InChI=1S/C10H17NO4/c1-11(8-3-2-4-8)6-7(10(14)15)5-9(12)13/h7-8H,2-6H2,1H3,(H,12,13)(H,14,15). The van der Waals surface area contributed by atoms with E-state index < -0.39 is 17.9 Å². The van der Waals surface area contributed by atoms with Gasteiger partial charge in [-0.2, -0.15) is 0 Å². The molecule has 1 saturated carbocycles. The maximum absolute atomic E-state index is 10.8. The Balaban J connectivity index is 2.42. The van der Waals surface area contributed by atoms with Gasteiger partial charge in [0.2, 0.25) is 0 Å². The van der Waals surface area contributed by atoms with Gasteiger partial charge in [-0.25, -0.2) is 0 Å². The van der Waals surface area contributed by atoms with Crippen LogP contribution in [0.1, 0.15) is 25.7 Å². The molecule has 1 atom stereocenters. The quantitative estimate of drug-likeness (QED) is 0.680. The van der Waals surface area contributed by atoms with Crippen LogP contribution in [0, 0.1) is 5.92 Å². The molecule has 0 aliphatic heterocycles.